The second kappa shape index (κ2) is 4.16. The van der Waals surface area contributed by atoms with Crippen LogP contribution >= 0.6 is 0 Å². The Morgan fingerprint density at radius 1 is 1.45 bits per heavy atom. The second-order valence-electron chi connectivity index (χ2n) is 1.92. The predicted molar refractivity (Wildman–Crippen MR) is 38.8 cm³/mol. The van der Waals surface area contributed by atoms with Crippen LogP contribution in [-0.2, 0) is 0 Å². The van der Waals surface area contributed by atoms with Gasteiger partial charge in [-0.05, 0) is 12.5 Å². The molecule has 0 aliphatic rings. The van der Waals surface area contributed by atoms with E-state index in [0.717, 1.165) is 13.1 Å². The molecule has 0 radical (unpaired) electrons. The largest absolute Gasteiger partial charge is 0.432 e. The van der Waals surface area contributed by atoms with E-state index < -0.39 is 11.9 Å². The number of alkyl halides is 3. The van der Waals surface area contributed by atoms with E-state index in [1.807, 2.05) is 0 Å². The Hall–Kier alpha value is -0.800. The highest BCUT2D eigenvalue weighted by atomic mass is 19.4. The Bertz CT molecular complexity index is 167. The van der Waals surface area contributed by atoms with Gasteiger partial charge in [0.05, 0.1) is 0 Å². The van der Waals surface area contributed by atoms with Gasteiger partial charge in [-0.25, -0.2) is 0 Å². The molecule has 0 spiro atoms. The number of hydrogen-bond donors (Lipinski definition) is 0. The minimum Gasteiger partial charge on any atom is -0.284 e. The van der Waals surface area contributed by atoms with Crippen molar-refractivity contribution in [1.29, 1.82) is 0 Å². The van der Waals surface area contributed by atoms with Crippen molar-refractivity contribution in [3.8, 4) is 0 Å². The molecule has 0 rings (SSSR count). The van der Waals surface area contributed by atoms with Crippen LogP contribution in [0.3, 0.4) is 0 Å². The lowest BCUT2D eigenvalue weighted by Crippen LogP contribution is -2.20. The van der Waals surface area contributed by atoms with Crippen molar-refractivity contribution in [3.63, 3.8) is 0 Å². The number of halogens is 3. The van der Waals surface area contributed by atoms with Gasteiger partial charge in [-0.3, -0.25) is 4.99 Å². The molecule has 0 N–H and O–H groups in total. The number of allylic oxidation sites excluding steroid dienone is 2. The quantitative estimate of drug-likeness (QED) is 0.557. The molecule has 0 unspecified atom stereocenters. The van der Waals surface area contributed by atoms with Gasteiger partial charge in [0.25, 0.3) is 0 Å². The van der Waals surface area contributed by atoms with Crippen molar-refractivity contribution in [2.45, 2.75) is 19.5 Å². The standard InChI is InChI=1S/C7H10F3N/c1-3-4-5-6(11-2)7(8,9)10/h4-5H,3H2,1-2H3/b5-4-,11-6?. The molecule has 1 nitrogen and oxygen atoms in total. The molecule has 0 aromatic rings. The lowest BCUT2D eigenvalue weighted by molar-refractivity contribution is -0.0577. The molecule has 0 aliphatic heterocycles. The normalized spacial score (nSPS) is 14.5. The molecule has 0 aliphatic carbocycles. The maximum atomic E-state index is 11.9. The van der Waals surface area contributed by atoms with E-state index in [-0.39, 0.29) is 0 Å². The first-order valence-electron chi connectivity index (χ1n) is 3.23. The molecule has 0 atom stereocenters. The molecule has 0 aromatic heterocycles. The van der Waals surface area contributed by atoms with Gasteiger partial charge in [-0.1, -0.05) is 13.0 Å². The molecule has 0 amide bonds. The average Bonchev–Trinajstić information content (AvgIpc) is 1.87. The zero-order valence-corrected chi connectivity index (χ0v) is 6.44. The fourth-order valence-electron chi connectivity index (χ4n) is 0.525. The summed E-state index contributed by atoms with van der Waals surface area (Å²) >= 11 is 0. The zero-order chi connectivity index (χ0) is 8.91. The maximum absolute atomic E-state index is 11.9. The lowest BCUT2D eigenvalue weighted by atomic mass is 10.3. The second-order valence-corrected chi connectivity index (χ2v) is 1.92. The van der Waals surface area contributed by atoms with Crippen LogP contribution < -0.4 is 0 Å². The first-order valence-corrected chi connectivity index (χ1v) is 3.23. The van der Waals surface area contributed by atoms with Crippen LogP contribution in [0.5, 0.6) is 0 Å². The maximum Gasteiger partial charge on any atom is 0.432 e. The average molecular weight is 165 g/mol. The molecular formula is C7H10F3N. The van der Waals surface area contributed by atoms with Crippen molar-refractivity contribution in [2.24, 2.45) is 4.99 Å². The van der Waals surface area contributed by atoms with Crippen LogP contribution in [0.4, 0.5) is 13.2 Å². The van der Waals surface area contributed by atoms with E-state index in [9.17, 15) is 13.2 Å². The Labute approximate surface area is 63.6 Å². The van der Waals surface area contributed by atoms with Crippen molar-refractivity contribution >= 4 is 5.71 Å². The molecule has 0 bridgehead atoms. The Morgan fingerprint density at radius 2 is 2.00 bits per heavy atom. The summed E-state index contributed by atoms with van der Waals surface area (Å²) in [6, 6.07) is 0. The molecule has 4 heteroatoms. The van der Waals surface area contributed by atoms with Gasteiger partial charge in [-0.15, -0.1) is 0 Å². The van der Waals surface area contributed by atoms with E-state index in [2.05, 4.69) is 4.99 Å². The SMILES string of the molecule is CC/C=C\C(=NC)C(F)(F)F. The summed E-state index contributed by atoms with van der Waals surface area (Å²) in [6.07, 6.45) is -1.33. The molecule has 0 fully saturated rings. The van der Waals surface area contributed by atoms with Crippen molar-refractivity contribution in [3.05, 3.63) is 12.2 Å². The summed E-state index contributed by atoms with van der Waals surface area (Å²) in [4.78, 5) is 3.10. The van der Waals surface area contributed by atoms with Gasteiger partial charge in [0.15, 0.2) is 0 Å². The molecule has 0 saturated heterocycles. The summed E-state index contributed by atoms with van der Waals surface area (Å²) < 4.78 is 35.6. The summed E-state index contributed by atoms with van der Waals surface area (Å²) in [5.74, 6) is 0. The van der Waals surface area contributed by atoms with E-state index in [1.165, 1.54) is 6.08 Å². The van der Waals surface area contributed by atoms with Crippen LogP contribution in [-0.4, -0.2) is 18.9 Å². The van der Waals surface area contributed by atoms with Crippen LogP contribution in [0, 0.1) is 0 Å². The monoisotopic (exact) mass is 165 g/mol. The first-order chi connectivity index (χ1) is 5.02. The zero-order valence-electron chi connectivity index (χ0n) is 6.44. The van der Waals surface area contributed by atoms with Gasteiger partial charge < -0.3 is 0 Å². The van der Waals surface area contributed by atoms with Crippen LogP contribution in [0.15, 0.2) is 17.1 Å². The smallest absolute Gasteiger partial charge is 0.284 e. The third-order valence-electron chi connectivity index (χ3n) is 1.04. The van der Waals surface area contributed by atoms with Crippen molar-refractivity contribution < 1.29 is 13.2 Å². The van der Waals surface area contributed by atoms with E-state index >= 15 is 0 Å². The lowest BCUT2D eigenvalue weighted by Gasteiger charge is -2.03. The molecule has 11 heavy (non-hydrogen) atoms. The highest BCUT2D eigenvalue weighted by Crippen LogP contribution is 2.17. The number of hydrogen-bond acceptors (Lipinski definition) is 1. The van der Waals surface area contributed by atoms with E-state index in [4.69, 9.17) is 0 Å². The number of aliphatic imine (C=N–C) groups is 1. The Kier molecular flexibility index (Phi) is 3.85. The molecule has 64 valence electrons. The molecule has 0 heterocycles. The summed E-state index contributed by atoms with van der Waals surface area (Å²) in [5, 5.41) is 0. The van der Waals surface area contributed by atoms with Gasteiger partial charge in [0.2, 0.25) is 0 Å². The van der Waals surface area contributed by atoms with Gasteiger partial charge in [-0.2, -0.15) is 13.2 Å². The Morgan fingerprint density at radius 3 is 2.27 bits per heavy atom. The van der Waals surface area contributed by atoms with Crippen LogP contribution in [0.25, 0.3) is 0 Å². The summed E-state index contributed by atoms with van der Waals surface area (Å²) in [7, 11) is 1.13. The number of nitrogens with zero attached hydrogens (tertiary/aromatic N) is 1. The van der Waals surface area contributed by atoms with Gasteiger partial charge in [0.1, 0.15) is 5.71 Å². The summed E-state index contributed by atoms with van der Waals surface area (Å²) in [6.45, 7) is 1.76. The van der Waals surface area contributed by atoms with Crippen molar-refractivity contribution in [2.75, 3.05) is 7.05 Å². The van der Waals surface area contributed by atoms with Crippen molar-refractivity contribution in [1.82, 2.24) is 0 Å². The Balaban J connectivity index is 4.33. The van der Waals surface area contributed by atoms with Crippen LogP contribution in [0.1, 0.15) is 13.3 Å². The molecular weight excluding hydrogens is 155 g/mol. The third-order valence-corrected chi connectivity index (χ3v) is 1.04. The van der Waals surface area contributed by atoms with E-state index in [1.54, 1.807) is 6.92 Å². The molecule has 0 aromatic carbocycles. The minimum atomic E-state index is -4.32. The molecule has 0 saturated carbocycles. The first kappa shape index (κ1) is 10.2. The predicted octanol–water partition coefficient (Wildman–Crippen LogP) is 2.59. The highest BCUT2D eigenvalue weighted by molar-refractivity contribution is 5.99. The third kappa shape index (κ3) is 3.80. The highest BCUT2D eigenvalue weighted by Gasteiger charge is 2.32. The van der Waals surface area contributed by atoms with Gasteiger partial charge >= 0.3 is 6.18 Å². The van der Waals surface area contributed by atoms with Gasteiger partial charge in [0, 0.05) is 7.05 Å². The fourth-order valence-corrected chi connectivity index (χ4v) is 0.525. The summed E-state index contributed by atoms with van der Waals surface area (Å²) in [5.41, 5.74) is -0.834. The minimum absolute atomic E-state index is 0.578. The van der Waals surface area contributed by atoms with Crippen LogP contribution in [0.2, 0.25) is 0 Å². The van der Waals surface area contributed by atoms with E-state index in [0.29, 0.717) is 6.42 Å². The topological polar surface area (TPSA) is 12.4 Å². The number of rotatable bonds is 2. The fraction of sp³-hybridized carbons (Fsp3) is 0.571.